The van der Waals surface area contributed by atoms with Crippen LogP contribution in [0.25, 0.3) is 0 Å². The third-order valence-electron chi connectivity index (χ3n) is 3.25. The average Bonchev–Trinajstić information content (AvgIpc) is 2.47. The van der Waals surface area contributed by atoms with Crippen molar-refractivity contribution in [2.45, 2.75) is 6.54 Å². The van der Waals surface area contributed by atoms with Crippen LogP contribution < -0.4 is 15.4 Å². The maximum atomic E-state index is 13.9. The smallest absolute Gasteiger partial charge is 0.135 e. The Hall–Kier alpha value is -2.14. The van der Waals surface area contributed by atoms with E-state index in [0.29, 0.717) is 12.2 Å². The third kappa shape index (κ3) is 3.31. The topological polar surface area (TPSA) is 38.5 Å². The SMILES string of the molecule is COc1ccccc1CN(C)c1cccc(F)c1C(N)=S. The number of halogens is 1. The first-order chi connectivity index (χ1) is 10.0. The number of ether oxygens (including phenoxy) is 1. The first-order valence-corrected chi connectivity index (χ1v) is 6.86. The standard InChI is InChI=1S/C16H17FN2OS/c1-19(10-11-6-3-4-9-14(11)20-2)13-8-5-7-12(17)15(13)16(18)21/h3-9H,10H2,1-2H3,(H2,18,21). The molecule has 21 heavy (non-hydrogen) atoms. The fourth-order valence-electron chi connectivity index (χ4n) is 2.25. The van der Waals surface area contributed by atoms with Gasteiger partial charge in [-0.15, -0.1) is 0 Å². The Morgan fingerprint density at radius 1 is 1.24 bits per heavy atom. The summed E-state index contributed by atoms with van der Waals surface area (Å²) in [5.41, 5.74) is 7.57. The van der Waals surface area contributed by atoms with Gasteiger partial charge in [0.15, 0.2) is 0 Å². The highest BCUT2D eigenvalue weighted by Crippen LogP contribution is 2.26. The van der Waals surface area contributed by atoms with Crippen molar-refractivity contribution >= 4 is 22.9 Å². The van der Waals surface area contributed by atoms with Crippen molar-refractivity contribution in [1.29, 1.82) is 0 Å². The lowest BCUT2D eigenvalue weighted by molar-refractivity contribution is 0.409. The summed E-state index contributed by atoms with van der Waals surface area (Å²) in [5, 5.41) is 0. The first kappa shape index (κ1) is 15.3. The molecule has 0 aliphatic heterocycles. The number of nitrogens with two attached hydrogens (primary N) is 1. The molecule has 0 heterocycles. The zero-order valence-corrected chi connectivity index (χ0v) is 12.8. The van der Waals surface area contributed by atoms with Crippen LogP contribution in [-0.2, 0) is 6.54 Å². The van der Waals surface area contributed by atoms with E-state index in [1.54, 1.807) is 19.2 Å². The van der Waals surface area contributed by atoms with Crippen molar-refractivity contribution in [3.63, 3.8) is 0 Å². The molecule has 0 aromatic heterocycles. The molecule has 0 saturated heterocycles. The van der Waals surface area contributed by atoms with Crippen molar-refractivity contribution < 1.29 is 9.13 Å². The van der Waals surface area contributed by atoms with Gasteiger partial charge >= 0.3 is 0 Å². The van der Waals surface area contributed by atoms with Gasteiger partial charge in [-0.1, -0.05) is 36.5 Å². The van der Waals surface area contributed by atoms with E-state index in [4.69, 9.17) is 22.7 Å². The van der Waals surface area contributed by atoms with E-state index < -0.39 is 5.82 Å². The van der Waals surface area contributed by atoms with E-state index in [0.717, 1.165) is 11.3 Å². The van der Waals surface area contributed by atoms with Crippen LogP contribution in [0.5, 0.6) is 5.75 Å². The van der Waals surface area contributed by atoms with Crippen LogP contribution in [0, 0.1) is 5.82 Å². The fraction of sp³-hybridized carbons (Fsp3) is 0.188. The normalized spacial score (nSPS) is 10.2. The molecule has 0 bridgehead atoms. The van der Waals surface area contributed by atoms with Gasteiger partial charge in [-0.25, -0.2) is 4.39 Å². The number of rotatable bonds is 5. The number of methoxy groups -OCH3 is 1. The van der Waals surface area contributed by atoms with Crippen LogP contribution in [0.4, 0.5) is 10.1 Å². The monoisotopic (exact) mass is 304 g/mol. The maximum Gasteiger partial charge on any atom is 0.135 e. The third-order valence-corrected chi connectivity index (χ3v) is 3.45. The van der Waals surface area contributed by atoms with Crippen molar-refractivity contribution in [2.24, 2.45) is 5.73 Å². The molecule has 0 fully saturated rings. The highest BCUT2D eigenvalue weighted by molar-refractivity contribution is 7.80. The van der Waals surface area contributed by atoms with Gasteiger partial charge in [0, 0.05) is 24.8 Å². The van der Waals surface area contributed by atoms with E-state index in [9.17, 15) is 4.39 Å². The molecule has 0 aliphatic rings. The lowest BCUT2D eigenvalue weighted by Gasteiger charge is -2.23. The summed E-state index contributed by atoms with van der Waals surface area (Å²) in [6.07, 6.45) is 0. The number of nitrogens with zero attached hydrogens (tertiary/aromatic N) is 1. The summed E-state index contributed by atoms with van der Waals surface area (Å²) >= 11 is 4.96. The number of hydrogen-bond donors (Lipinski definition) is 1. The van der Waals surface area contributed by atoms with Gasteiger partial charge in [0.2, 0.25) is 0 Å². The van der Waals surface area contributed by atoms with Crippen LogP contribution in [0.1, 0.15) is 11.1 Å². The molecule has 2 aromatic carbocycles. The number of hydrogen-bond acceptors (Lipinski definition) is 3. The molecule has 0 radical (unpaired) electrons. The van der Waals surface area contributed by atoms with E-state index in [-0.39, 0.29) is 10.6 Å². The molecule has 0 atom stereocenters. The molecular formula is C16H17FN2OS. The minimum Gasteiger partial charge on any atom is -0.496 e. The molecule has 3 nitrogen and oxygen atoms in total. The summed E-state index contributed by atoms with van der Waals surface area (Å²) < 4.78 is 19.3. The number of anilines is 1. The molecule has 0 amide bonds. The van der Waals surface area contributed by atoms with Crippen LogP contribution in [0.15, 0.2) is 42.5 Å². The maximum absolute atomic E-state index is 13.9. The summed E-state index contributed by atoms with van der Waals surface area (Å²) in [5.74, 6) is 0.379. The molecule has 0 spiro atoms. The van der Waals surface area contributed by atoms with Crippen molar-refractivity contribution in [1.82, 2.24) is 0 Å². The Labute approximate surface area is 129 Å². The molecule has 0 unspecified atom stereocenters. The summed E-state index contributed by atoms with van der Waals surface area (Å²) in [7, 11) is 3.49. The minimum absolute atomic E-state index is 0.0509. The number of para-hydroxylation sites is 1. The van der Waals surface area contributed by atoms with Crippen LogP contribution >= 0.6 is 12.2 Å². The predicted molar refractivity (Wildman–Crippen MR) is 87.4 cm³/mol. The van der Waals surface area contributed by atoms with Gasteiger partial charge < -0.3 is 15.4 Å². The van der Waals surface area contributed by atoms with E-state index >= 15 is 0 Å². The van der Waals surface area contributed by atoms with Crippen molar-refractivity contribution in [3.8, 4) is 5.75 Å². The van der Waals surface area contributed by atoms with Gasteiger partial charge in [-0.2, -0.15) is 0 Å². The van der Waals surface area contributed by atoms with Crippen molar-refractivity contribution in [3.05, 3.63) is 59.4 Å². The Bertz CT molecular complexity index is 660. The first-order valence-electron chi connectivity index (χ1n) is 6.46. The van der Waals surface area contributed by atoms with E-state index in [1.165, 1.54) is 6.07 Å². The Kier molecular flexibility index (Phi) is 4.75. The molecular weight excluding hydrogens is 287 g/mol. The van der Waals surface area contributed by atoms with Gasteiger partial charge in [-0.05, 0) is 18.2 Å². The van der Waals surface area contributed by atoms with Crippen LogP contribution in [0.3, 0.4) is 0 Å². The minimum atomic E-state index is -0.410. The second-order valence-corrected chi connectivity index (χ2v) is 5.11. The Balaban J connectivity index is 2.35. The predicted octanol–water partition coefficient (Wildman–Crippen LogP) is 3.10. The molecule has 2 rings (SSSR count). The fourth-order valence-corrected chi connectivity index (χ4v) is 2.45. The van der Waals surface area contributed by atoms with Gasteiger partial charge in [0.25, 0.3) is 0 Å². The van der Waals surface area contributed by atoms with E-state index in [1.807, 2.05) is 36.2 Å². The van der Waals surface area contributed by atoms with Crippen molar-refractivity contribution in [2.75, 3.05) is 19.1 Å². The number of benzene rings is 2. The zero-order valence-electron chi connectivity index (χ0n) is 12.0. The molecule has 2 N–H and O–H groups in total. The van der Waals surface area contributed by atoms with Gasteiger partial charge in [-0.3, -0.25) is 0 Å². The second-order valence-electron chi connectivity index (χ2n) is 4.67. The number of thiocarbonyl (C=S) groups is 1. The Morgan fingerprint density at radius 2 is 1.95 bits per heavy atom. The molecule has 110 valence electrons. The lowest BCUT2D eigenvalue weighted by Crippen LogP contribution is -2.22. The molecule has 2 aromatic rings. The van der Waals surface area contributed by atoms with Crippen LogP contribution in [-0.4, -0.2) is 19.1 Å². The second kappa shape index (κ2) is 6.54. The Morgan fingerprint density at radius 3 is 2.62 bits per heavy atom. The highest BCUT2D eigenvalue weighted by atomic mass is 32.1. The highest BCUT2D eigenvalue weighted by Gasteiger charge is 2.15. The van der Waals surface area contributed by atoms with Gasteiger partial charge in [0.05, 0.1) is 12.7 Å². The summed E-state index contributed by atoms with van der Waals surface area (Å²) in [4.78, 5) is 1.95. The van der Waals surface area contributed by atoms with E-state index in [2.05, 4.69) is 0 Å². The zero-order chi connectivity index (χ0) is 15.4. The molecule has 0 saturated carbocycles. The quantitative estimate of drug-likeness (QED) is 0.862. The lowest BCUT2D eigenvalue weighted by atomic mass is 10.1. The summed E-state index contributed by atoms with van der Waals surface area (Å²) in [6.45, 7) is 0.559. The van der Waals surface area contributed by atoms with Gasteiger partial charge in [0.1, 0.15) is 16.6 Å². The summed E-state index contributed by atoms with van der Waals surface area (Å²) in [6, 6.07) is 12.5. The average molecular weight is 304 g/mol. The molecule has 5 heteroatoms. The molecule has 0 aliphatic carbocycles. The largest absolute Gasteiger partial charge is 0.496 e. The van der Waals surface area contributed by atoms with Crippen LogP contribution in [0.2, 0.25) is 0 Å².